The molecule has 0 radical (unpaired) electrons. The summed E-state index contributed by atoms with van der Waals surface area (Å²) >= 11 is 0. The first kappa shape index (κ1) is 24.2. The Morgan fingerprint density at radius 1 is 0.857 bits per heavy atom. The maximum absolute atomic E-state index is 13.6. The number of aliphatic hydroxyl groups is 1. The van der Waals surface area contributed by atoms with E-state index in [9.17, 15) is 19.5 Å². The number of Topliss-reactive ketones (excluding diaryl/α,β-unsaturated/α-hetero) is 1. The van der Waals surface area contributed by atoms with Crippen molar-refractivity contribution in [3.05, 3.63) is 90.5 Å². The predicted octanol–water partition coefficient (Wildman–Crippen LogP) is 4.01. The first-order chi connectivity index (χ1) is 16.8. The first-order valence-corrected chi connectivity index (χ1v) is 11.4. The van der Waals surface area contributed by atoms with Crippen LogP contribution in [-0.4, -0.2) is 35.4 Å². The molecule has 7 heteroatoms. The van der Waals surface area contributed by atoms with Crippen LogP contribution in [0.1, 0.15) is 24.8 Å². The van der Waals surface area contributed by atoms with Crippen molar-refractivity contribution in [2.75, 3.05) is 17.7 Å². The SMILES string of the molecule is COc1ccc([C@H]2[C@H](C(=O)Nc3ccccc3)C(=O)C[C@](C)(O)[C@H]2C(=O)Nc2ccccc2)cc1. The third kappa shape index (κ3) is 5.25. The van der Waals surface area contributed by atoms with E-state index < -0.39 is 41.0 Å². The van der Waals surface area contributed by atoms with Crippen molar-refractivity contribution in [2.24, 2.45) is 11.8 Å². The Morgan fingerprint density at radius 3 is 1.89 bits per heavy atom. The van der Waals surface area contributed by atoms with E-state index in [4.69, 9.17) is 4.74 Å². The lowest BCUT2D eigenvalue weighted by Gasteiger charge is -2.44. The van der Waals surface area contributed by atoms with Crippen molar-refractivity contribution in [2.45, 2.75) is 24.9 Å². The lowest BCUT2D eigenvalue weighted by atomic mass is 9.61. The molecule has 180 valence electrons. The lowest BCUT2D eigenvalue weighted by molar-refractivity contribution is -0.150. The van der Waals surface area contributed by atoms with Gasteiger partial charge in [-0.1, -0.05) is 48.5 Å². The van der Waals surface area contributed by atoms with Gasteiger partial charge in [-0.05, 0) is 48.9 Å². The average molecular weight is 473 g/mol. The molecule has 1 fully saturated rings. The summed E-state index contributed by atoms with van der Waals surface area (Å²) in [5, 5.41) is 17.0. The highest BCUT2D eigenvalue weighted by Gasteiger charge is 2.55. The maximum Gasteiger partial charge on any atom is 0.235 e. The van der Waals surface area contributed by atoms with Gasteiger partial charge in [0.05, 0.1) is 18.6 Å². The Hall–Kier alpha value is -3.97. The van der Waals surface area contributed by atoms with Crippen LogP contribution in [0.3, 0.4) is 0 Å². The summed E-state index contributed by atoms with van der Waals surface area (Å²) in [6, 6.07) is 24.6. The van der Waals surface area contributed by atoms with Gasteiger partial charge in [0.2, 0.25) is 11.8 Å². The van der Waals surface area contributed by atoms with Crippen LogP contribution in [0.2, 0.25) is 0 Å². The van der Waals surface area contributed by atoms with E-state index in [0.29, 0.717) is 22.7 Å². The number of hydrogen-bond acceptors (Lipinski definition) is 5. The second-order valence-electron chi connectivity index (χ2n) is 8.97. The van der Waals surface area contributed by atoms with Crippen LogP contribution in [0, 0.1) is 11.8 Å². The summed E-state index contributed by atoms with van der Waals surface area (Å²) in [6.07, 6.45) is -0.320. The van der Waals surface area contributed by atoms with Gasteiger partial charge in [-0.2, -0.15) is 0 Å². The second-order valence-corrected chi connectivity index (χ2v) is 8.97. The highest BCUT2D eigenvalue weighted by molar-refractivity contribution is 6.10. The van der Waals surface area contributed by atoms with E-state index in [1.54, 1.807) is 72.8 Å². The Bertz CT molecular complexity index is 1190. The van der Waals surface area contributed by atoms with Gasteiger partial charge < -0.3 is 20.5 Å². The van der Waals surface area contributed by atoms with E-state index in [1.165, 1.54) is 14.0 Å². The van der Waals surface area contributed by atoms with Crippen LogP contribution in [0.25, 0.3) is 0 Å². The maximum atomic E-state index is 13.6. The number of nitrogens with one attached hydrogen (secondary N) is 2. The van der Waals surface area contributed by atoms with Crippen LogP contribution in [0.4, 0.5) is 11.4 Å². The van der Waals surface area contributed by atoms with Gasteiger partial charge in [0.15, 0.2) is 0 Å². The Morgan fingerprint density at radius 2 is 1.37 bits per heavy atom. The van der Waals surface area contributed by atoms with Gasteiger partial charge in [0.25, 0.3) is 0 Å². The minimum atomic E-state index is -1.66. The number of ketones is 1. The molecule has 0 aliphatic heterocycles. The van der Waals surface area contributed by atoms with Crippen molar-refractivity contribution < 1.29 is 24.2 Å². The number of anilines is 2. The monoisotopic (exact) mass is 472 g/mol. The zero-order chi connectivity index (χ0) is 25.0. The molecule has 1 saturated carbocycles. The molecule has 3 aromatic rings. The summed E-state index contributed by atoms with van der Waals surface area (Å²) in [4.78, 5) is 40.3. The molecule has 4 rings (SSSR count). The summed E-state index contributed by atoms with van der Waals surface area (Å²) in [7, 11) is 1.54. The second kappa shape index (κ2) is 10.1. The summed E-state index contributed by atoms with van der Waals surface area (Å²) in [5.41, 5.74) is 0.0234. The average Bonchev–Trinajstić information content (AvgIpc) is 2.84. The number of benzene rings is 3. The van der Waals surface area contributed by atoms with Gasteiger partial charge in [-0.25, -0.2) is 0 Å². The minimum absolute atomic E-state index is 0.320. The smallest absolute Gasteiger partial charge is 0.235 e. The highest BCUT2D eigenvalue weighted by atomic mass is 16.5. The van der Waals surface area contributed by atoms with E-state index in [0.717, 1.165) is 0 Å². The Kier molecular flexibility index (Phi) is 6.98. The lowest BCUT2D eigenvalue weighted by Crippen LogP contribution is -2.56. The largest absolute Gasteiger partial charge is 0.497 e. The standard InChI is InChI=1S/C28H28N2O5/c1-28(34)17-22(31)24(26(32)29-19-9-5-3-6-10-19)23(18-13-15-21(35-2)16-14-18)25(28)27(33)30-20-11-7-4-8-12-20/h3-16,23-25,34H,17H2,1-2H3,(H,29,32)(H,30,33)/t23-,24+,25+,28-/m0/s1. The van der Waals surface area contributed by atoms with E-state index in [-0.39, 0.29) is 6.42 Å². The van der Waals surface area contributed by atoms with Crippen LogP contribution >= 0.6 is 0 Å². The van der Waals surface area contributed by atoms with Crippen LogP contribution in [0.15, 0.2) is 84.9 Å². The fourth-order valence-corrected chi connectivity index (χ4v) is 4.80. The van der Waals surface area contributed by atoms with Gasteiger partial charge in [0.1, 0.15) is 17.5 Å². The molecule has 1 aliphatic carbocycles. The Balaban J connectivity index is 1.76. The van der Waals surface area contributed by atoms with Gasteiger partial charge >= 0.3 is 0 Å². The zero-order valence-corrected chi connectivity index (χ0v) is 19.6. The molecule has 0 spiro atoms. The van der Waals surface area contributed by atoms with Crippen molar-refractivity contribution >= 4 is 29.0 Å². The predicted molar refractivity (Wildman–Crippen MR) is 133 cm³/mol. The fourth-order valence-electron chi connectivity index (χ4n) is 4.80. The molecule has 0 aromatic heterocycles. The van der Waals surface area contributed by atoms with Gasteiger partial charge in [0, 0.05) is 23.7 Å². The zero-order valence-electron chi connectivity index (χ0n) is 19.6. The van der Waals surface area contributed by atoms with Crippen molar-refractivity contribution in [1.82, 2.24) is 0 Å². The molecule has 0 heterocycles. The van der Waals surface area contributed by atoms with Gasteiger partial charge in [-0.3, -0.25) is 14.4 Å². The Labute approximate surface area is 204 Å². The van der Waals surface area contributed by atoms with E-state index in [1.807, 2.05) is 12.1 Å². The number of hydrogen-bond donors (Lipinski definition) is 3. The third-order valence-electron chi connectivity index (χ3n) is 6.42. The van der Waals surface area contributed by atoms with E-state index in [2.05, 4.69) is 10.6 Å². The topological polar surface area (TPSA) is 105 Å². The number of para-hydroxylation sites is 2. The first-order valence-electron chi connectivity index (χ1n) is 11.4. The number of rotatable bonds is 6. The fraction of sp³-hybridized carbons (Fsp3) is 0.250. The quantitative estimate of drug-likeness (QED) is 0.470. The molecule has 3 aromatic carbocycles. The molecule has 2 amide bonds. The molecule has 0 unspecified atom stereocenters. The number of carbonyl (C=O) groups is 3. The molecular weight excluding hydrogens is 444 g/mol. The number of carbonyl (C=O) groups excluding carboxylic acids is 3. The molecule has 3 N–H and O–H groups in total. The van der Waals surface area contributed by atoms with Crippen molar-refractivity contribution in [3.8, 4) is 5.75 Å². The van der Waals surface area contributed by atoms with Gasteiger partial charge in [-0.15, -0.1) is 0 Å². The van der Waals surface area contributed by atoms with Crippen LogP contribution in [-0.2, 0) is 14.4 Å². The molecular formula is C28H28N2O5. The summed E-state index contributed by atoms with van der Waals surface area (Å²) in [6.45, 7) is 1.47. The molecule has 35 heavy (non-hydrogen) atoms. The molecule has 0 bridgehead atoms. The molecule has 4 atom stereocenters. The molecule has 0 saturated heterocycles. The molecule has 7 nitrogen and oxygen atoms in total. The van der Waals surface area contributed by atoms with E-state index >= 15 is 0 Å². The summed E-state index contributed by atoms with van der Waals surface area (Å²) in [5.74, 6) is -3.95. The number of methoxy groups -OCH3 is 1. The number of ether oxygens (including phenoxy) is 1. The molecule has 1 aliphatic rings. The minimum Gasteiger partial charge on any atom is -0.497 e. The third-order valence-corrected chi connectivity index (χ3v) is 6.42. The van der Waals surface area contributed by atoms with Crippen LogP contribution < -0.4 is 15.4 Å². The van der Waals surface area contributed by atoms with Crippen LogP contribution in [0.5, 0.6) is 5.75 Å². The number of amides is 2. The normalized spacial score (nSPS) is 23.9. The van der Waals surface area contributed by atoms with Crippen molar-refractivity contribution in [3.63, 3.8) is 0 Å². The summed E-state index contributed by atoms with van der Waals surface area (Å²) < 4.78 is 5.25. The van der Waals surface area contributed by atoms with Crippen molar-refractivity contribution in [1.29, 1.82) is 0 Å². The highest BCUT2D eigenvalue weighted by Crippen LogP contribution is 2.46.